The van der Waals surface area contributed by atoms with Crippen molar-refractivity contribution in [1.29, 1.82) is 0 Å². The molecule has 0 saturated heterocycles. The Bertz CT molecular complexity index is 401. The number of nitrogens with zero attached hydrogens (tertiary/aromatic N) is 2. The van der Waals surface area contributed by atoms with Crippen LogP contribution in [-0.2, 0) is 24.8 Å². The van der Waals surface area contributed by atoms with Crippen LogP contribution >= 0.6 is 0 Å². The molecule has 2 heteroatoms. The van der Waals surface area contributed by atoms with Gasteiger partial charge >= 0.3 is 0 Å². The maximum absolute atomic E-state index is 4.88. The van der Waals surface area contributed by atoms with Crippen LogP contribution in [0.5, 0.6) is 0 Å². The molecule has 2 aliphatic rings. The molecule has 3 rings (SSSR count). The molecule has 0 radical (unpaired) electrons. The SMILES string of the molecule is CC1CCc2nc3c(n2C1)CCC3(C)C. The fourth-order valence-electron chi connectivity index (χ4n) is 3.07. The molecule has 1 aliphatic carbocycles. The summed E-state index contributed by atoms with van der Waals surface area (Å²) in [6.07, 6.45) is 5.02. The van der Waals surface area contributed by atoms with Crippen LogP contribution in [0.25, 0.3) is 0 Å². The molecule has 0 aromatic carbocycles. The van der Waals surface area contributed by atoms with Gasteiger partial charge in [-0.25, -0.2) is 4.98 Å². The van der Waals surface area contributed by atoms with Crippen molar-refractivity contribution in [1.82, 2.24) is 9.55 Å². The summed E-state index contributed by atoms with van der Waals surface area (Å²) in [6, 6.07) is 0. The standard InChI is InChI=1S/C13H20N2/c1-9-4-5-11-14-12-10(15(11)8-9)6-7-13(12,2)3/h9H,4-8H2,1-3H3. The summed E-state index contributed by atoms with van der Waals surface area (Å²) < 4.78 is 2.51. The van der Waals surface area contributed by atoms with Gasteiger partial charge in [0.1, 0.15) is 5.82 Å². The smallest absolute Gasteiger partial charge is 0.109 e. The van der Waals surface area contributed by atoms with E-state index in [-0.39, 0.29) is 0 Å². The molecule has 1 unspecified atom stereocenters. The lowest BCUT2D eigenvalue weighted by molar-refractivity contribution is 0.384. The maximum atomic E-state index is 4.88. The fraction of sp³-hybridized carbons (Fsp3) is 0.769. The average Bonchev–Trinajstić information content (AvgIpc) is 2.66. The van der Waals surface area contributed by atoms with Crippen molar-refractivity contribution in [3.63, 3.8) is 0 Å². The highest BCUT2D eigenvalue weighted by Crippen LogP contribution is 2.39. The van der Waals surface area contributed by atoms with E-state index in [0.29, 0.717) is 5.41 Å². The van der Waals surface area contributed by atoms with E-state index < -0.39 is 0 Å². The molecule has 2 heterocycles. The molecule has 0 amide bonds. The summed E-state index contributed by atoms with van der Waals surface area (Å²) >= 11 is 0. The second kappa shape index (κ2) is 2.87. The van der Waals surface area contributed by atoms with Gasteiger partial charge in [-0.2, -0.15) is 0 Å². The molecule has 2 nitrogen and oxygen atoms in total. The number of rotatable bonds is 0. The topological polar surface area (TPSA) is 17.8 Å². The van der Waals surface area contributed by atoms with Crippen molar-refractivity contribution in [3.05, 3.63) is 17.2 Å². The van der Waals surface area contributed by atoms with Crippen LogP contribution in [-0.4, -0.2) is 9.55 Å². The molecule has 0 saturated carbocycles. The van der Waals surface area contributed by atoms with E-state index in [9.17, 15) is 0 Å². The van der Waals surface area contributed by atoms with Crippen molar-refractivity contribution in [3.8, 4) is 0 Å². The van der Waals surface area contributed by atoms with Gasteiger partial charge in [-0.1, -0.05) is 20.8 Å². The summed E-state index contributed by atoms with van der Waals surface area (Å²) in [7, 11) is 0. The number of hydrogen-bond acceptors (Lipinski definition) is 1. The maximum Gasteiger partial charge on any atom is 0.109 e. The quantitative estimate of drug-likeness (QED) is 0.635. The van der Waals surface area contributed by atoms with Crippen molar-refractivity contribution >= 4 is 0 Å². The molecular formula is C13H20N2. The Morgan fingerprint density at radius 1 is 1.33 bits per heavy atom. The highest BCUT2D eigenvalue weighted by atomic mass is 15.1. The molecular weight excluding hydrogens is 184 g/mol. The zero-order chi connectivity index (χ0) is 10.6. The van der Waals surface area contributed by atoms with E-state index in [2.05, 4.69) is 25.3 Å². The van der Waals surface area contributed by atoms with Gasteiger partial charge in [-0.3, -0.25) is 0 Å². The van der Waals surface area contributed by atoms with Gasteiger partial charge in [0.05, 0.1) is 5.69 Å². The third-order valence-corrected chi connectivity index (χ3v) is 4.13. The summed E-state index contributed by atoms with van der Waals surface area (Å²) in [6.45, 7) is 8.23. The largest absolute Gasteiger partial charge is 0.331 e. The molecule has 0 spiro atoms. The first-order valence-corrected chi connectivity index (χ1v) is 6.17. The van der Waals surface area contributed by atoms with Gasteiger partial charge in [0.25, 0.3) is 0 Å². The highest BCUT2D eigenvalue weighted by molar-refractivity contribution is 5.31. The van der Waals surface area contributed by atoms with E-state index in [1.165, 1.54) is 43.7 Å². The molecule has 82 valence electrons. The minimum Gasteiger partial charge on any atom is -0.331 e. The lowest BCUT2D eigenvalue weighted by atomic mass is 9.91. The highest BCUT2D eigenvalue weighted by Gasteiger charge is 2.36. The number of hydrogen-bond donors (Lipinski definition) is 0. The predicted molar refractivity (Wildman–Crippen MR) is 61.1 cm³/mol. The van der Waals surface area contributed by atoms with Crippen LogP contribution in [0.15, 0.2) is 0 Å². The molecule has 15 heavy (non-hydrogen) atoms. The summed E-state index contributed by atoms with van der Waals surface area (Å²) in [5.41, 5.74) is 3.26. The van der Waals surface area contributed by atoms with Crippen LogP contribution in [0.4, 0.5) is 0 Å². The van der Waals surface area contributed by atoms with Crippen LogP contribution < -0.4 is 0 Å². The third-order valence-electron chi connectivity index (χ3n) is 4.13. The van der Waals surface area contributed by atoms with Crippen molar-refractivity contribution in [2.24, 2.45) is 5.92 Å². The first-order valence-electron chi connectivity index (χ1n) is 6.17. The minimum atomic E-state index is 0.322. The predicted octanol–water partition coefficient (Wildman–Crippen LogP) is 2.69. The number of fused-ring (bicyclic) bond motifs is 3. The van der Waals surface area contributed by atoms with Crippen molar-refractivity contribution in [2.75, 3.05) is 0 Å². The second-order valence-electron chi connectivity index (χ2n) is 5.96. The molecule has 1 atom stereocenters. The number of aryl methyl sites for hydroxylation is 1. The minimum absolute atomic E-state index is 0.322. The lowest BCUT2D eigenvalue weighted by Crippen LogP contribution is -2.19. The lowest BCUT2D eigenvalue weighted by Gasteiger charge is -2.21. The summed E-state index contributed by atoms with van der Waals surface area (Å²) in [5, 5.41) is 0. The summed E-state index contributed by atoms with van der Waals surface area (Å²) in [4.78, 5) is 4.88. The normalized spacial score (nSPS) is 27.5. The van der Waals surface area contributed by atoms with E-state index in [0.717, 1.165) is 5.92 Å². The molecule has 1 aromatic rings. The molecule has 1 aliphatic heterocycles. The summed E-state index contributed by atoms with van der Waals surface area (Å²) in [5.74, 6) is 2.19. The molecule has 0 fully saturated rings. The van der Waals surface area contributed by atoms with E-state index in [1.54, 1.807) is 5.69 Å². The van der Waals surface area contributed by atoms with Crippen LogP contribution in [0, 0.1) is 5.92 Å². The van der Waals surface area contributed by atoms with Gasteiger partial charge in [-0.15, -0.1) is 0 Å². The average molecular weight is 204 g/mol. The van der Waals surface area contributed by atoms with Crippen molar-refractivity contribution < 1.29 is 0 Å². The first kappa shape index (κ1) is 9.44. The zero-order valence-electron chi connectivity index (χ0n) is 10.0. The third kappa shape index (κ3) is 1.27. The zero-order valence-corrected chi connectivity index (χ0v) is 10.0. The fourth-order valence-corrected chi connectivity index (χ4v) is 3.07. The number of imidazole rings is 1. The van der Waals surface area contributed by atoms with E-state index in [1.807, 2.05) is 0 Å². The van der Waals surface area contributed by atoms with E-state index >= 15 is 0 Å². The Kier molecular flexibility index (Phi) is 1.80. The van der Waals surface area contributed by atoms with Gasteiger partial charge in [0, 0.05) is 24.1 Å². The Morgan fingerprint density at radius 2 is 2.13 bits per heavy atom. The van der Waals surface area contributed by atoms with Gasteiger partial charge in [-0.05, 0) is 25.2 Å². The Hall–Kier alpha value is -0.790. The van der Waals surface area contributed by atoms with Crippen LogP contribution in [0.1, 0.15) is 50.8 Å². The van der Waals surface area contributed by atoms with Gasteiger partial charge < -0.3 is 4.57 Å². The van der Waals surface area contributed by atoms with Gasteiger partial charge in [0.2, 0.25) is 0 Å². The number of aromatic nitrogens is 2. The van der Waals surface area contributed by atoms with Crippen LogP contribution in [0.2, 0.25) is 0 Å². The first-order chi connectivity index (χ1) is 7.08. The van der Waals surface area contributed by atoms with Crippen LogP contribution in [0.3, 0.4) is 0 Å². The van der Waals surface area contributed by atoms with Crippen molar-refractivity contribution in [2.45, 2.75) is 58.4 Å². The Morgan fingerprint density at radius 3 is 2.93 bits per heavy atom. The monoisotopic (exact) mass is 204 g/mol. The second-order valence-corrected chi connectivity index (χ2v) is 5.96. The molecule has 1 aromatic heterocycles. The van der Waals surface area contributed by atoms with Gasteiger partial charge in [0.15, 0.2) is 0 Å². The molecule has 0 N–H and O–H groups in total. The Labute approximate surface area is 91.7 Å². The Balaban J connectivity index is 2.10. The van der Waals surface area contributed by atoms with E-state index in [4.69, 9.17) is 4.98 Å². The molecule has 0 bridgehead atoms.